The Morgan fingerprint density at radius 2 is 1.73 bits per heavy atom. The number of nitrogens with one attached hydrogen (secondary N) is 3. The van der Waals surface area contributed by atoms with E-state index in [1.54, 1.807) is 6.08 Å². The second-order valence-corrected chi connectivity index (χ2v) is 11.5. The van der Waals surface area contributed by atoms with Crippen molar-refractivity contribution in [2.75, 3.05) is 5.32 Å². The van der Waals surface area contributed by atoms with Crippen LogP contribution < -0.4 is 16.0 Å². The van der Waals surface area contributed by atoms with Crippen LogP contribution in [0.1, 0.15) is 57.9 Å². The minimum Gasteiger partial charge on any atom is -0.332 e. The van der Waals surface area contributed by atoms with Gasteiger partial charge in [-0.15, -0.1) is 0 Å². The van der Waals surface area contributed by atoms with E-state index in [9.17, 15) is 14.4 Å². The second-order valence-electron chi connectivity index (χ2n) is 10.5. The molecule has 30 heavy (non-hydrogen) atoms. The Morgan fingerprint density at radius 1 is 1.07 bits per heavy atom. The maximum Gasteiger partial charge on any atom is 0.319 e. The third kappa shape index (κ3) is 3.64. The van der Waals surface area contributed by atoms with E-state index in [2.05, 4.69) is 29.8 Å². The predicted molar refractivity (Wildman–Crippen MR) is 118 cm³/mol. The van der Waals surface area contributed by atoms with Crippen LogP contribution in [-0.2, 0) is 4.79 Å². The Bertz CT molecular complexity index is 952. The number of hydrogen-bond donors (Lipinski definition) is 3. The summed E-state index contributed by atoms with van der Waals surface area (Å²) >= 11 is 0.895. The largest absolute Gasteiger partial charge is 0.332 e. The molecule has 4 aliphatic carbocycles. The van der Waals surface area contributed by atoms with Gasteiger partial charge < -0.3 is 10.6 Å². The zero-order valence-electron chi connectivity index (χ0n) is 17.3. The second kappa shape index (κ2) is 6.61. The van der Waals surface area contributed by atoms with Gasteiger partial charge in [0.2, 0.25) is 0 Å². The molecule has 2 unspecified atom stereocenters. The minimum absolute atomic E-state index is 0.0864. The lowest BCUT2D eigenvalue weighted by Gasteiger charge is -2.65. The number of amides is 4. The van der Waals surface area contributed by atoms with Gasteiger partial charge in [0.05, 0.1) is 4.91 Å². The van der Waals surface area contributed by atoms with Gasteiger partial charge in [-0.2, -0.15) is 0 Å². The Kier molecular flexibility index (Phi) is 4.33. The smallest absolute Gasteiger partial charge is 0.319 e. The molecule has 6 rings (SSSR count). The average molecular weight is 426 g/mol. The molecule has 5 fully saturated rings. The fraction of sp³-hybridized carbons (Fsp3) is 0.522. The van der Waals surface area contributed by atoms with Crippen LogP contribution in [0.5, 0.6) is 0 Å². The van der Waals surface area contributed by atoms with Gasteiger partial charge in [0.25, 0.3) is 11.1 Å². The van der Waals surface area contributed by atoms with E-state index < -0.39 is 0 Å². The monoisotopic (exact) mass is 425 g/mol. The summed E-state index contributed by atoms with van der Waals surface area (Å²) in [4.78, 5) is 36.1. The first-order chi connectivity index (χ1) is 14.1. The number of benzene rings is 1. The molecule has 0 aromatic heterocycles. The Hall–Kier alpha value is -2.28. The molecule has 1 heterocycles. The number of anilines is 1. The van der Waals surface area contributed by atoms with E-state index in [-0.39, 0.29) is 22.7 Å². The molecule has 158 valence electrons. The van der Waals surface area contributed by atoms with E-state index in [4.69, 9.17) is 0 Å². The molecule has 1 aromatic rings. The normalized spacial score (nSPS) is 38.1. The highest BCUT2D eigenvalue weighted by atomic mass is 32.2. The van der Waals surface area contributed by atoms with Crippen molar-refractivity contribution in [1.82, 2.24) is 10.6 Å². The first-order valence-electron chi connectivity index (χ1n) is 10.6. The Balaban J connectivity index is 1.25. The van der Waals surface area contributed by atoms with E-state index in [0.29, 0.717) is 21.4 Å². The first kappa shape index (κ1) is 19.7. The van der Waals surface area contributed by atoms with Crippen molar-refractivity contribution in [3.63, 3.8) is 0 Å². The maximum atomic E-state index is 12.8. The molecule has 4 bridgehead atoms. The van der Waals surface area contributed by atoms with Gasteiger partial charge >= 0.3 is 6.03 Å². The van der Waals surface area contributed by atoms with Crippen LogP contribution in [0, 0.1) is 16.7 Å². The van der Waals surface area contributed by atoms with E-state index in [0.717, 1.165) is 42.5 Å². The topological polar surface area (TPSA) is 87.3 Å². The summed E-state index contributed by atoms with van der Waals surface area (Å²) in [5.41, 5.74) is 2.12. The van der Waals surface area contributed by atoms with Crippen molar-refractivity contribution < 1.29 is 14.4 Å². The Labute approximate surface area is 180 Å². The van der Waals surface area contributed by atoms with Gasteiger partial charge in [-0.3, -0.25) is 14.9 Å². The molecule has 4 amide bonds. The molecule has 7 heteroatoms. The molecule has 1 aliphatic heterocycles. The van der Waals surface area contributed by atoms with Gasteiger partial charge in [-0.25, -0.2) is 4.79 Å². The van der Waals surface area contributed by atoms with E-state index in [1.165, 1.54) is 19.3 Å². The van der Waals surface area contributed by atoms with Crippen molar-refractivity contribution in [3.05, 3.63) is 34.7 Å². The van der Waals surface area contributed by atoms with Crippen molar-refractivity contribution in [2.45, 2.75) is 57.9 Å². The molecule has 3 N–H and O–H groups in total. The van der Waals surface area contributed by atoms with Crippen LogP contribution in [0.25, 0.3) is 6.08 Å². The molecular weight excluding hydrogens is 398 g/mol. The maximum absolute atomic E-state index is 12.8. The molecule has 1 aromatic carbocycles. The highest BCUT2D eigenvalue weighted by molar-refractivity contribution is 8.18. The quantitative estimate of drug-likeness (QED) is 0.602. The lowest BCUT2D eigenvalue weighted by molar-refractivity contribution is -0.115. The highest BCUT2D eigenvalue weighted by Gasteiger charge is 2.60. The summed E-state index contributed by atoms with van der Waals surface area (Å²) in [7, 11) is 0. The van der Waals surface area contributed by atoms with Crippen LogP contribution in [0.4, 0.5) is 15.3 Å². The number of thioether (sulfide) groups is 1. The minimum atomic E-state index is -0.371. The fourth-order valence-electron chi connectivity index (χ4n) is 7.23. The van der Waals surface area contributed by atoms with Crippen LogP contribution in [-0.4, -0.2) is 22.7 Å². The molecule has 1 saturated heterocycles. The zero-order valence-corrected chi connectivity index (χ0v) is 18.2. The van der Waals surface area contributed by atoms with Crippen molar-refractivity contribution in [1.29, 1.82) is 0 Å². The molecule has 2 atom stereocenters. The third-order valence-corrected chi connectivity index (χ3v) is 7.92. The molecule has 6 nitrogen and oxygen atoms in total. The summed E-state index contributed by atoms with van der Waals surface area (Å²) in [5, 5.41) is 8.21. The standard InChI is InChI=1S/C23H27N3O3S/c1-21-8-15-9-22(2,11-21)13-23(10-15,12-21)26-19(28)24-16-5-3-14(4-6-16)7-17-18(27)25-20(29)30-17/h3-7,15H,8-13H2,1-2H3,(H2,24,26,28)(H,25,27,29)/b17-7-. The van der Waals surface area contributed by atoms with Crippen LogP contribution in [0.15, 0.2) is 29.2 Å². The van der Waals surface area contributed by atoms with Crippen LogP contribution in [0.3, 0.4) is 0 Å². The number of hydrogen-bond acceptors (Lipinski definition) is 4. The molecule has 0 radical (unpaired) electrons. The van der Waals surface area contributed by atoms with E-state index >= 15 is 0 Å². The van der Waals surface area contributed by atoms with Crippen LogP contribution in [0.2, 0.25) is 0 Å². The molecular formula is C23H27N3O3S. The zero-order chi connectivity index (χ0) is 21.1. The van der Waals surface area contributed by atoms with Crippen molar-refractivity contribution >= 4 is 40.7 Å². The number of urea groups is 1. The number of carbonyl (C=O) groups is 3. The first-order valence-corrected chi connectivity index (χ1v) is 11.4. The average Bonchev–Trinajstić information content (AvgIpc) is 2.90. The Morgan fingerprint density at radius 3 is 2.30 bits per heavy atom. The number of imide groups is 1. The summed E-state index contributed by atoms with van der Waals surface area (Å²) in [6, 6.07) is 7.13. The SMILES string of the molecule is CC12CC3CC(C)(C1)CC(NC(=O)Nc1ccc(/C=C4\SC(=O)NC4=O)cc1)(C3)C2. The van der Waals surface area contributed by atoms with Gasteiger partial charge in [0, 0.05) is 11.2 Å². The summed E-state index contributed by atoms with van der Waals surface area (Å²) in [5.74, 6) is 0.353. The van der Waals surface area contributed by atoms with Crippen molar-refractivity contribution in [3.8, 4) is 0 Å². The fourth-order valence-corrected chi connectivity index (χ4v) is 7.91. The third-order valence-electron chi connectivity index (χ3n) is 7.11. The van der Waals surface area contributed by atoms with Gasteiger partial charge in [0.1, 0.15) is 0 Å². The molecule has 0 spiro atoms. The summed E-state index contributed by atoms with van der Waals surface area (Å²) in [6.07, 6.45) is 8.79. The molecule has 5 aliphatic rings. The van der Waals surface area contributed by atoms with Gasteiger partial charge in [0.15, 0.2) is 0 Å². The number of rotatable bonds is 3. The summed E-state index contributed by atoms with van der Waals surface area (Å²) in [6.45, 7) is 4.79. The van der Waals surface area contributed by atoms with Crippen molar-refractivity contribution in [2.24, 2.45) is 16.7 Å². The lowest BCUT2D eigenvalue weighted by Crippen LogP contribution is -2.65. The van der Waals surface area contributed by atoms with E-state index in [1.807, 2.05) is 24.3 Å². The molecule has 4 saturated carbocycles. The predicted octanol–water partition coefficient (Wildman–Crippen LogP) is 4.88. The van der Waals surface area contributed by atoms with Crippen LogP contribution >= 0.6 is 11.8 Å². The lowest BCUT2D eigenvalue weighted by atomic mass is 9.43. The highest BCUT2D eigenvalue weighted by Crippen LogP contribution is 2.66. The van der Waals surface area contributed by atoms with Gasteiger partial charge in [-0.05, 0) is 90.8 Å². The summed E-state index contributed by atoms with van der Waals surface area (Å²) < 4.78 is 0. The van der Waals surface area contributed by atoms with Gasteiger partial charge in [-0.1, -0.05) is 26.0 Å². The number of carbonyl (C=O) groups excluding carboxylic acids is 3.